The normalized spacial score (nSPS) is 11.0. The minimum Gasteiger partial charge on any atom is -0.452 e. The molecule has 0 heterocycles. The molecule has 0 unspecified atom stereocenters. The van der Waals surface area contributed by atoms with Gasteiger partial charge < -0.3 is 10.1 Å². The molecule has 7 nitrogen and oxygen atoms in total. The molecular formula is C17H18N2O5S. The van der Waals surface area contributed by atoms with Crippen LogP contribution in [0.3, 0.4) is 0 Å². The Morgan fingerprint density at radius 3 is 2.28 bits per heavy atom. The van der Waals surface area contributed by atoms with E-state index in [0.29, 0.717) is 11.3 Å². The van der Waals surface area contributed by atoms with Crippen LogP contribution in [0.15, 0.2) is 47.4 Å². The van der Waals surface area contributed by atoms with Crippen molar-refractivity contribution in [3.63, 3.8) is 0 Å². The first-order valence-corrected chi connectivity index (χ1v) is 8.88. The van der Waals surface area contributed by atoms with Crippen LogP contribution in [0, 0.1) is 13.8 Å². The highest BCUT2D eigenvalue weighted by molar-refractivity contribution is 7.89. The monoisotopic (exact) mass is 362 g/mol. The van der Waals surface area contributed by atoms with E-state index in [1.807, 2.05) is 13.0 Å². The van der Waals surface area contributed by atoms with Gasteiger partial charge in [0, 0.05) is 5.69 Å². The zero-order valence-corrected chi connectivity index (χ0v) is 14.6. The van der Waals surface area contributed by atoms with Gasteiger partial charge in [-0.15, -0.1) is 0 Å². The summed E-state index contributed by atoms with van der Waals surface area (Å²) >= 11 is 0. The predicted octanol–water partition coefficient (Wildman–Crippen LogP) is 1.75. The molecule has 0 fully saturated rings. The second-order valence-corrected chi connectivity index (χ2v) is 7.07. The van der Waals surface area contributed by atoms with Gasteiger partial charge in [0.05, 0.1) is 10.5 Å². The summed E-state index contributed by atoms with van der Waals surface area (Å²) in [5, 5.41) is 7.49. The summed E-state index contributed by atoms with van der Waals surface area (Å²) in [4.78, 5) is 23.8. The third-order valence-corrected chi connectivity index (χ3v) is 4.33. The maximum Gasteiger partial charge on any atom is 0.338 e. The van der Waals surface area contributed by atoms with E-state index in [1.54, 1.807) is 19.1 Å². The zero-order chi connectivity index (χ0) is 18.6. The molecule has 2 aromatic carbocycles. The molecule has 1 amide bonds. The number of carbonyl (C=O) groups is 2. The van der Waals surface area contributed by atoms with Crippen LogP contribution in [0.5, 0.6) is 0 Å². The fourth-order valence-corrected chi connectivity index (χ4v) is 2.69. The number of primary sulfonamides is 1. The smallest absolute Gasteiger partial charge is 0.338 e. The van der Waals surface area contributed by atoms with Gasteiger partial charge in [0.1, 0.15) is 0 Å². The summed E-state index contributed by atoms with van der Waals surface area (Å²) < 4.78 is 27.3. The van der Waals surface area contributed by atoms with E-state index in [4.69, 9.17) is 9.88 Å². The molecule has 132 valence electrons. The summed E-state index contributed by atoms with van der Waals surface area (Å²) in [5.41, 5.74) is 2.55. The van der Waals surface area contributed by atoms with Gasteiger partial charge in [-0.1, -0.05) is 17.7 Å². The second-order valence-electron chi connectivity index (χ2n) is 5.51. The number of ether oxygens (including phenoxy) is 1. The summed E-state index contributed by atoms with van der Waals surface area (Å²) in [6, 6.07) is 10.6. The van der Waals surface area contributed by atoms with Gasteiger partial charge in [-0.05, 0) is 49.7 Å². The van der Waals surface area contributed by atoms with Gasteiger partial charge in [0.15, 0.2) is 6.61 Å². The first-order chi connectivity index (χ1) is 11.7. The molecule has 8 heteroatoms. The number of aryl methyl sites for hydroxylation is 2. The Morgan fingerprint density at radius 2 is 1.72 bits per heavy atom. The predicted molar refractivity (Wildman–Crippen MR) is 92.6 cm³/mol. The average Bonchev–Trinajstić information content (AvgIpc) is 2.52. The summed E-state index contributed by atoms with van der Waals surface area (Å²) in [5.74, 6) is -1.13. The Bertz CT molecular complexity index is 905. The highest BCUT2D eigenvalue weighted by Gasteiger charge is 2.13. The Labute approximate surface area is 145 Å². The van der Waals surface area contributed by atoms with E-state index in [1.165, 1.54) is 24.3 Å². The SMILES string of the molecule is Cc1ccc(C(=O)OCC(=O)Nc2ccc(S(N)(=O)=O)cc2)c(C)c1. The fourth-order valence-electron chi connectivity index (χ4n) is 2.18. The lowest BCUT2D eigenvalue weighted by molar-refractivity contribution is -0.119. The molecule has 0 aliphatic carbocycles. The summed E-state index contributed by atoms with van der Waals surface area (Å²) in [6.45, 7) is 3.25. The number of nitrogens with two attached hydrogens (primary N) is 1. The Balaban J connectivity index is 1.93. The largest absolute Gasteiger partial charge is 0.452 e. The van der Waals surface area contributed by atoms with Crippen molar-refractivity contribution >= 4 is 27.6 Å². The first-order valence-electron chi connectivity index (χ1n) is 7.34. The van der Waals surface area contributed by atoms with Gasteiger partial charge >= 0.3 is 5.97 Å². The fraction of sp³-hybridized carbons (Fsp3) is 0.176. The van der Waals surface area contributed by atoms with Crippen LogP contribution in [-0.2, 0) is 19.6 Å². The van der Waals surface area contributed by atoms with Crippen LogP contribution < -0.4 is 10.5 Å². The Hall–Kier alpha value is -2.71. The molecule has 0 spiro atoms. The molecule has 3 N–H and O–H groups in total. The second kappa shape index (κ2) is 7.45. The number of nitrogens with one attached hydrogen (secondary N) is 1. The number of benzene rings is 2. The molecule has 0 atom stereocenters. The maximum atomic E-state index is 12.0. The molecule has 0 radical (unpaired) electrons. The number of hydrogen-bond acceptors (Lipinski definition) is 5. The molecular weight excluding hydrogens is 344 g/mol. The molecule has 0 aliphatic heterocycles. The van der Waals surface area contributed by atoms with E-state index in [0.717, 1.165) is 11.1 Å². The van der Waals surface area contributed by atoms with E-state index in [2.05, 4.69) is 5.32 Å². The molecule has 0 saturated heterocycles. The van der Waals surface area contributed by atoms with Crippen molar-refractivity contribution < 1.29 is 22.7 Å². The Morgan fingerprint density at radius 1 is 1.08 bits per heavy atom. The maximum absolute atomic E-state index is 12.0. The van der Waals surface area contributed by atoms with Gasteiger partial charge in [-0.25, -0.2) is 18.4 Å². The minimum absolute atomic E-state index is 0.0632. The van der Waals surface area contributed by atoms with Gasteiger partial charge in [0.25, 0.3) is 5.91 Å². The molecule has 25 heavy (non-hydrogen) atoms. The van der Waals surface area contributed by atoms with E-state index >= 15 is 0 Å². The van der Waals surface area contributed by atoms with Crippen molar-refractivity contribution in [2.75, 3.05) is 11.9 Å². The minimum atomic E-state index is -3.79. The number of rotatable bonds is 5. The number of anilines is 1. The molecule has 0 bridgehead atoms. The quantitative estimate of drug-likeness (QED) is 0.786. The van der Waals surface area contributed by atoms with Crippen molar-refractivity contribution in [1.29, 1.82) is 0 Å². The lowest BCUT2D eigenvalue weighted by Crippen LogP contribution is -2.21. The van der Waals surface area contributed by atoms with Crippen molar-refractivity contribution in [3.05, 3.63) is 59.2 Å². The van der Waals surface area contributed by atoms with Gasteiger partial charge in [-0.3, -0.25) is 4.79 Å². The Kier molecular flexibility index (Phi) is 5.55. The topological polar surface area (TPSA) is 116 Å². The highest BCUT2D eigenvalue weighted by Crippen LogP contribution is 2.14. The molecule has 2 aromatic rings. The van der Waals surface area contributed by atoms with Crippen molar-refractivity contribution in [2.24, 2.45) is 5.14 Å². The number of amides is 1. The number of esters is 1. The average molecular weight is 362 g/mol. The number of hydrogen-bond donors (Lipinski definition) is 2. The van der Waals surface area contributed by atoms with Crippen LogP contribution in [0.25, 0.3) is 0 Å². The summed E-state index contributed by atoms with van der Waals surface area (Å²) in [6.07, 6.45) is 0. The van der Waals surface area contributed by atoms with Crippen molar-refractivity contribution in [1.82, 2.24) is 0 Å². The molecule has 0 aromatic heterocycles. The third-order valence-electron chi connectivity index (χ3n) is 3.40. The summed E-state index contributed by atoms with van der Waals surface area (Å²) in [7, 11) is -3.79. The standard InChI is InChI=1S/C17H18N2O5S/c1-11-3-8-15(12(2)9-11)17(21)24-10-16(20)19-13-4-6-14(7-5-13)25(18,22)23/h3-9H,10H2,1-2H3,(H,19,20)(H2,18,22,23). The van der Waals surface area contributed by atoms with Crippen LogP contribution in [0.2, 0.25) is 0 Å². The lowest BCUT2D eigenvalue weighted by Gasteiger charge is -2.09. The highest BCUT2D eigenvalue weighted by atomic mass is 32.2. The number of carbonyl (C=O) groups excluding carboxylic acids is 2. The lowest BCUT2D eigenvalue weighted by atomic mass is 10.1. The van der Waals surface area contributed by atoms with E-state index in [9.17, 15) is 18.0 Å². The van der Waals surface area contributed by atoms with Gasteiger partial charge in [0.2, 0.25) is 10.0 Å². The van der Waals surface area contributed by atoms with E-state index in [-0.39, 0.29) is 4.90 Å². The molecule has 0 saturated carbocycles. The van der Waals surface area contributed by atoms with Crippen molar-refractivity contribution in [2.45, 2.75) is 18.7 Å². The van der Waals surface area contributed by atoms with Crippen LogP contribution in [-0.4, -0.2) is 26.9 Å². The van der Waals surface area contributed by atoms with Crippen LogP contribution in [0.4, 0.5) is 5.69 Å². The van der Waals surface area contributed by atoms with E-state index < -0.39 is 28.5 Å². The third kappa shape index (κ3) is 5.13. The zero-order valence-electron chi connectivity index (χ0n) is 13.8. The van der Waals surface area contributed by atoms with Crippen LogP contribution in [0.1, 0.15) is 21.5 Å². The molecule has 0 aliphatic rings. The van der Waals surface area contributed by atoms with Crippen LogP contribution >= 0.6 is 0 Å². The molecule has 2 rings (SSSR count). The van der Waals surface area contributed by atoms with Gasteiger partial charge in [-0.2, -0.15) is 0 Å². The van der Waals surface area contributed by atoms with Crippen molar-refractivity contribution in [3.8, 4) is 0 Å². The first kappa shape index (κ1) is 18.6. The number of sulfonamides is 1.